The lowest BCUT2D eigenvalue weighted by atomic mass is 10.0. The van der Waals surface area contributed by atoms with Crippen LogP contribution in [0.2, 0.25) is 10.0 Å². The van der Waals surface area contributed by atoms with Crippen molar-refractivity contribution < 1.29 is 4.79 Å². The molecule has 3 aromatic rings. The topological polar surface area (TPSA) is 58.1 Å². The molecule has 2 heterocycles. The Morgan fingerprint density at radius 1 is 1.00 bits per heavy atom. The van der Waals surface area contributed by atoms with E-state index in [1.54, 1.807) is 23.1 Å². The first kappa shape index (κ1) is 17.8. The molecule has 0 spiro atoms. The van der Waals surface area contributed by atoms with E-state index in [0.717, 1.165) is 18.5 Å². The first-order chi connectivity index (χ1) is 13.1. The van der Waals surface area contributed by atoms with E-state index >= 15 is 0 Å². The third-order valence-electron chi connectivity index (χ3n) is 4.44. The van der Waals surface area contributed by atoms with E-state index in [-0.39, 0.29) is 5.91 Å². The van der Waals surface area contributed by atoms with Gasteiger partial charge in [-0.2, -0.15) is 0 Å². The normalized spacial score (nSPS) is 13.2. The van der Waals surface area contributed by atoms with Crippen molar-refractivity contribution in [2.24, 2.45) is 0 Å². The fourth-order valence-corrected chi connectivity index (χ4v) is 3.62. The summed E-state index contributed by atoms with van der Waals surface area (Å²) in [6.07, 6.45) is 4.88. The molecule has 5 nitrogen and oxygen atoms in total. The number of nitrogens with zero attached hydrogens (tertiary/aromatic N) is 3. The monoisotopic (exact) mass is 398 g/mol. The van der Waals surface area contributed by atoms with Gasteiger partial charge < -0.3 is 10.2 Å². The number of hydrogen-bond acceptors (Lipinski definition) is 4. The maximum absolute atomic E-state index is 12.9. The van der Waals surface area contributed by atoms with Gasteiger partial charge in [-0.25, -0.2) is 9.97 Å². The molecule has 27 heavy (non-hydrogen) atoms. The van der Waals surface area contributed by atoms with Crippen LogP contribution < -0.4 is 10.2 Å². The highest BCUT2D eigenvalue weighted by Crippen LogP contribution is 2.32. The van der Waals surface area contributed by atoms with Crippen molar-refractivity contribution in [3.05, 3.63) is 76.2 Å². The van der Waals surface area contributed by atoms with Crippen molar-refractivity contribution >= 4 is 46.3 Å². The molecule has 0 atom stereocenters. The Kier molecular flexibility index (Phi) is 4.97. The Bertz CT molecular complexity index is 971. The van der Waals surface area contributed by atoms with Crippen molar-refractivity contribution in [3.63, 3.8) is 0 Å². The maximum atomic E-state index is 12.9. The molecule has 1 amide bonds. The molecule has 1 aliphatic heterocycles. The lowest BCUT2D eigenvalue weighted by molar-refractivity contribution is 0.0980. The van der Waals surface area contributed by atoms with E-state index < -0.39 is 0 Å². The molecule has 0 radical (unpaired) electrons. The number of amides is 1. The molecule has 2 aromatic carbocycles. The van der Waals surface area contributed by atoms with Gasteiger partial charge in [0.1, 0.15) is 11.5 Å². The first-order valence-electron chi connectivity index (χ1n) is 8.56. The average molecular weight is 399 g/mol. The number of aromatic nitrogens is 2. The standard InChI is InChI=1S/C20H16Cl2N4O/c21-14-7-3-8-15(22)19(14)25-18-12-23-16(11-24-18)20(27)26-10-4-6-13-5-1-2-9-17(13)26/h1-3,5,7-9,11-12H,4,6,10H2,(H,24,25). The van der Waals surface area contributed by atoms with Crippen LogP contribution in [0, 0.1) is 0 Å². The van der Waals surface area contributed by atoms with Crippen molar-refractivity contribution in [3.8, 4) is 0 Å². The zero-order valence-electron chi connectivity index (χ0n) is 14.3. The molecule has 0 fully saturated rings. The van der Waals surface area contributed by atoms with Crippen LogP contribution >= 0.6 is 23.2 Å². The van der Waals surface area contributed by atoms with E-state index in [0.29, 0.717) is 33.8 Å². The number of rotatable bonds is 3. The number of benzene rings is 2. The van der Waals surface area contributed by atoms with Gasteiger partial charge in [0.2, 0.25) is 0 Å². The second kappa shape index (κ2) is 7.55. The Morgan fingerprint density at radius 2 is 1.78 bits per heavy atom. The number of para-hydroxylation sites is 2. The molecule has 136 valence electrons. The summed E-state index contributed by atoms with van der Waals surface area (Å²) < 4.78 is 0. The van der Waals surface area contributed by atoms with Crippen molar-refractivity contribution in [1.82, 2.24) is 9.97 Å². The Morgan fingerprint density at radius 3 is 2.52 bits per heavy atom. The van der Waals surface area contributed by atoms with Crippen LogP contribution in [-0.2, 0) is 6.42 Å². The smallest absolute Gasteiger partial charge is 0.278 e. The fraction of sp³-hybridized carbons (Fsp3) is 0.150. The highest BCUT2D eigenvalue weighted by molar-refractivity contribution is 6.39. The van der Waals surface area contributed by atoms with Crippen molar-refractivity contribution in [1.29, 1.82) is 0 Å². The van der Waals surface area contributed by atoms with Crippen LogP contribution in [0.3, 0.4) is 0 Å². The lowest BCUT2D eigenvalue weighted by Gasteiger charge is -2.29. The van der Waals surface area contributed by atoms with Crippen LogP contribution in [0.25, 0.3) is 0 Å². The van der Waals surface area contributed by atoms with Gasteiger partial charge in [0.25, 0.3) is 5.91 Å². The van der Waals surface area contributed by atoms with Crippen LogP contribution in [0.4, 0.5) is 17.2 Å². The summed E-state index contributed by atoms with van der Waals surface area (Å²) in [6.45, 7) is 0.673. The average Bonchev–Trinajstić information content (AvgIpc) is 2.70. The third-order valence-corrected chi connectivity index (χ3v) is 5.07. The SMILES string of the molecule is O=C(c1cnc(Nc2c(Cl)cccc2Cl)cn1)N1CCCc2ccccc21. The molecule has 0 unspecified atom stereocenters. The summed E-state index contributed by atoms with van der Waals surface area (Å²) in [5.74, 6) is 0.303. The van der Waals surface area contributed by atoms with Crippen LogP contribution in [0.1, 0.15) is 22.5 Å². The molecule has 1 N–H and O–H groups in total. The summed E-state index contributed by atoms with van der Waals surface area (Å²) in [6, 6.07) is 13.2. The van der Waals surface area contributed by atoms with Gasteiger partial charge in [-0.05, 0) is 36.6 Å². The number of nitrogens with one attached hydrogen (secondary N) is 1. The molecule has 0 aliphatic carbocycles. The molecule has 0 saturated carbocycles. The zero-order chi connectivity index (χ0) is 18.8. The second-order valence-electron chi connectivity index (χ2n) is 6.20. The van der Waals surface area contributed by atoms with Gasteiger partial charge in [-0.1, -0.05) is 47.5 Å². The van der Waals surface area contributed by atoms with E-state index in [1.165, 1.54) is 18.0 Å². The summed E-state index contributed by atoms with van der Waals surface area (Å²) in [5.41, 5.74) is 2.97. The molecule has 0 bridgehead atoms. The van der Waals surface area contributed by atoms with Gasteiger partial charge in [-0.3, -0.25) is 4.79 Å². The zero-order valence-corrected chi connectivity index (χ0v) is 15.8. The highest BCUT2D eigenvalue weighted by Gasteiger charge is 2.24. The largest absolute Gasteiger partial charge is 0.337 e. The minimum absolute atomic E-state index is 0.156. The van der Waals surface area contributed by atoms with Crippen LogP contribution in [0.15, 0.2) is 54.9 Å². The van der Waals surface area contributed by atoms with E-state index in [4.69, 9.17) is 23.2 Å². The van der Waals surface area contributed by atoms with Gasteiger partial charge in [-0.15, -0.1) is 0 Å². The van der Waals surface area contributed by atoms with E-state index in [9.17, 15) is 4.79 Å². The predicted molar refractivity (Wildman–Crippen MR) is 108 cm³/mol. The number of halogens is 2. The number of aryl methyl sites for hydroxylation is 1. The molecule has 0 saturated heterocycles. The molecule has 7 heteroatoms. The van der Waals surface area contributed by atoms with E-state index in [1.807, 2.05) is 18.2 Å². The van der Waals surface area contributed by atoms with Gasteiger partial charge >= 0.3 is 0 Å². The molecular formula is C20H16Cl2N4O. The third kappa shape index (κ3) is 3.61. The number of fused-ring (bicyclic) bond motifs is 1. The van der Waals surface area contributed by atoms with E-state index in [2.05, 4.69) is 21.4 Å². The highest BCUT2D eigenvalue weighted by atomic mass is 35.5. The first-order valence-corrected chi connectivity index (χ1v) is 9.32. The molecular weight excluding hydrogens is 383 g/mol. The van der Waals surface area contributed by atoms with Crippen LogP contribution in [0.5, 0.6) is 0 Å². The summed E-state index contributed by atoms with van der Waals surface area (Å²) in [7, 11) is 0. The molecule has 4 rings (SSSR count). The summed E-state index contributed by atoms with van der Waals surface area (Å²) in [4.78, 5) is 23.2. The number of hydrogen-bond donors (Lipinski definition) is 1. The van der Waals surface area contributed by atoms with Crippen molar-refractivity contribution in [2.45, 2.75) is 12.8 Å². The summed E-state index contributed by atoms with van der Waals surface area (Å²) in [5, 5.41) is 4.00. The molecule has 1 aliphatic rings. The van der Waals surface area contributed by atoms with Gasteiger partial charge in [0, 0.05) is 12.2 Å². The Hall–Kier alpha value is -2.63. The Balaban J connectivity index is 1.55. The number of carbonyl (C=O) groups is 1. The van der Waals surface area contributed by atoms with Gasteiger partial charge in [0.15, 0.2) is 0 Å². The number of carbonyl (C=O) groups excluding carboxylic acids is 1. The van der Waals surface area contributed by atoms with Crippen molar-refractivity contribution in [2.75, 3.05) is 16.8 Å². The fourth-order valence-electron chi connectivity index (χ4n) is 3.13. The quantitative estimate of drug-likeness (QED) is 0.664. The molecule has 1 aromatic heterocycles. The second-order valence-corrected chi connectivity index (χ2v) is 7.01. The lowest BCUT2D eigenvalue weighted by Crippen LogP contribution is -2.36. The minimum Gasteiger partial charge on any atom is -0.337 e. The summed E-state index contributed by atoms with van der Waals surface area (Å²) >= 11 is 12.3. The van der Waals surface area contributed by atoms with Crippen LogP contribution in [-0.4, -0.2) is 22.4 Å². The predicted octanol–water partition coefficient (Wildman–Crippen LogP) is 5.12. The Labute approximate surface area is 167 Å². The maximum Gasteiger partial charge on any atom is 0.278 e. The minimum atomic E-state index is -0.156. The number of anilines is 3. The van der Waals surface area contributed by atoms with Gasteiger partial charge in [0.05, 0.1) is 28.1 Å².